The molecule has 0 spiro atoms. The van der Waals surface area contributed by atoms with Gasteiger partial charge in [0.25, 0.3) is 21.6 Å². The molecule has 0 saturated carbocycles. The number of anilines is 3. The number of nitro groups is 1. The van der Waals surface area contributed by atoms with E-state index in [0.29, 0.717) is 43.6 Å². The molecular formula is C43H43ClN6O9S. The van der Waals surface area contributed by atoms with Crippen molar-refractivity contribution in [3.8, 4) is 22.6 Å². The number of nitro benzene ring substituents is 1. The van der Waals surface area contributed by atoms with Gasteiger partial charge in [0, 0.05) is 87.1 Å². The number of piperazine rings is 1. The van der Waals surface area contributed by atoms with Crippen LogP contribution in [0.25, 0.3) is 11.1 Å². The number of amides is 2. The van der Waals surface area contributed by atoms with Crippen LogP contribution in [-0.4, -0.2) is 81.3 Å². The molecule has 7 rings (SSSR count). The van der Waals surface area contributed by atoms with Crippen LogP contribution in [0.2, 0.25) is 5.02 Å². The van der Waals surface area contributed by atoms with Crippen LogP contribution in [0.1, 0.15) is 28.8 Å². The zero-order chi connectivity index (χ0) is 42.2. The fourth-order valence-electron chi connectivity index (χ4n) is 7.26. The van der Waals surface area contributed by atoms with Gasteiger partial charge in [-0.3, -0.25) is 25.1 Å². The Bertz CT molecular complexity index is 2470. The summed E-state index contributed by atoms with van der Waals surface area (Å²) >= 11 is 6.14. The van der Waals surface area contributed by atoms with Crippen LogP contribution < -0.4 is 25.0 Å². The molecule has 0 radical (unpaired) electrons. The maximum atomic E-state index is 13.8. The molecule has 2 amide bonds. The van der Waals surface area contributed by atoms with Gasteiger partial charge in [-0.2, -0.15) is 0 Å². The van der Waals surface area contributed by atoms with Gasteiger partial charge in [-0.1, -0.05) is 54.1 Å². The van der Waals surface area contributed by atoms with E-state index < -0.39 is 37.5 Å². The standard InChI is InChI=1S/C43H43ClN6O9S/c44-32-10-8-30(9-11-32)37-7-2-1-4-31(37)28-48-18-20-49(21-19-48)34-12-14-38(41(25-34)59-35-6-3-5-33(24-35)46-43(52)53)42(51)47-60(56,57)36-13-15-39(40(26-36)50(54)55)45-27-29-16-22-58-23-17-29/h1-15,24-26,29,45-46H,16-23,27-28H2,(H,47,51)(H,52,53). The summed E-state index contributed by atoms with van der Waals surface area (Å²) in [4.78, 5) is 40.5. The molecule has 2 heterocycles. The smallest absolute Gasteiger partial charge is 0.409 e. The van der Waals surface area contributed by atoms with Crippen molar-refractivity contribution >= 4 is 56.4 Å². The number of carbonyl (C=O) groups excluding carboxylic acids is 1. The minimum absolute atomic E-state index is 0.00522. The molecule has 2 saturated heterocycles. The first-order valence-corrected chi connectivity index (χ1v) is 21.2. The maximum absolute atomic E-state index is 13.8. The van der Waals surface area contributed by atoms with Crippen molar-refractivity contribution < 1.29 is 37.5 Å². The number of carbonyl (C=O) groups is 2. The molecule has 2 aliphatic rings. The van der Waals surface area contributed by atoms with E-state index >= 15 is 0 Å². The SMILES string of the molecule is O=C(O)Nc1cccc(Oc2cc(N3CCN(Cc4ccccc4-c4ccc(Cl)cc4)CC3)ccc2C(=O)NS(=O)(=O)c2ccc(NCC3CCOCC3)c([N+](=O)[O-])c2)c1. The summed E-state index contributed by atoms with van der Waals surface area (Å²) in [6, 6.07) is 30.3. The van der Waals surface area contributed by atoms with Gasteiger partial charge in [0.1, 0.15) is 17.2 Å². The normalized spacial score (nSPS) is 14.9. The van der Waals surface area contributed by atoms with Crippen LogP contribution in [0.3, 0.4) is 0 Å². The summed E-state index contributed by atoms with van der Waals surface area (Å²) in [7, 11) is -4.61. The van der Waals surface area contributed by atoms with Crippen molar-refractivity contribution in [2.75, 3.05) is 61.5 Å². The molecule has 60 heavy (non-hydrogen) atoms. The number of hydrogen-bond acceptors (Lipinski definition) is 11. The van der Waals surface area contributed by atoms with Crippen molar-refractivity contribution in [1.82, 2.24) is 9.62 Å². The van der Waals surface area contributed by atoms with Crippen LogP contribution in [0, 0.1) is 16.0 Å². The zero-order valence-corrected chi connectivity index (χ0v) is 34.0. The molecule has 5 aromatic rings. The Morgan fingerprint density at radius 2 is 1.65 bits per heavy atom. The Morgan fingerprint density at radius 1 is 0.900 bits per heavy atom. The predicted molar refractivity (Wildman–Crippen MR) is 229 cm³/mol. The van der Waals surface area contributed by atoms with E-state index in [9.17, 15) is 33.2 Å². The molecule has 5 aromatic carbocycles. The Balaban J connectivity index is 1.09. The first-order valence-electron chi connectivity index (χ1n) is 19.3. The molecular weight excluding hydrogens is 812 g/mol. The van der Waals surface area contributed by atoms with Crippen LogP contribution >= 0.6 is 11.6 Å². The molecule has 2 fully saturated rings. The maximum Gasteiger partial charge on any atom is 0.409 e. The monoisotopic (exact) mass is 854 g/mol. The van der Waals surface area contributed by atoms with Gasteiger partial charge >= 0.3 is 6.09 Å². The summed E-state index contributed by atoms with van der Waals surface area (Å²) in [6.45, 7) is 5.13. The fraction of sp³-hybridized carbons (Fsp3) is 0.256. The van der Waals surface area contributed by atoms with Crippen molar-refractivity contribution in [3.05, 3.63) is 135 Å². The lowest BCUT2D eigenvalue weighted by molar-refractivity contribution is -0.384. The zero-order valence-electron chi connectivity index (χ0n) is 32.4. The molecule has 0 atom stereocenters. The Labute approximate surface area is 352 Å². The lowest BCUT2D eigenvalue weighted by Crippen LogP contribution is -2.46. The van der Waals surface area contributed by atoms with Gasteiger partial charge in [0.2, 0.25) is 0 Å². The summed E-state index contributed by atoms with van der Waals surface area (Å²) in [5.74, 6) is -0.603. The Kier molecular flexibility index (Phi) is 13.1. The van der Waals surface area contributed by atoms with Gasteiger partial charge in [0.05, 0.1) is 15.4 Å². The number of sulfonamides is 1. The highest BCUT2D eigenvalue weighted by Crippen LogP contribution is 2.34. The quantitative estimate of drug-likeness (QED) is 0.0621. The van der Waals surface area contributed by atoms with Gasteiger partial charge in [-0.15, -0.1) is 0 Å². The number of hydrogen-bond donors (Lipinski definition) is 4. The van der Waals surface area contributed by atoms with E-state index in [1.165, 1.54) is 35.9 Å². The van der Waals surface area contributed by atoms with Crippen LogP contribution in [-0.2, 0) is 21.3 Å². The third-order valence-electron chi connectivity index (χ3n) is 10.5. The molecule has 0 unspecified atom stereocenters. The molecule has 0 aromatic heterocycles. The molecule has 0 aliphatic carbocycles. The highest BCUT2D eigenvalue weighted by atomic mass is 35.5. The minimum Gasteiger partial charge on any atom is -0.465 e. The number of rotatable bonds is 14. The predicted octanol–water partition coefficient (Wildman–Crippen LogP) is 8.08. The van der Waals surface area contributed by atoms with Crippen LogP contribution in [0.5, 0.6) is 11.5 Å². The summed E-state index contributed by atoms with van der Waals surface area (Å²) < 4.78 is 40.8. The summed E-state index contributed by atoms with van der Waals surface area (Å²) in [5, 5.41) is 27.3. The molecule has 17 heteroatoms. The Hall–Kier alpha value is -6.20. The molecule has 15 nitrogen and oxygen atoms in total. The van der Waals surface area contributed by atoms with Crippen molar-refractivity contribution in [3.63, 3.8) is 0 Å². The molecule has 2 aliphatic heterocycles. The number of benzene rings is 5. The van der Waals surface area contributed by atoms with Crippen LogP contribution in [0.4, 0.5) is 27.5 Å². The third kappa shape index (κ3) is 10.5. The number of halogens is 1. The second-order valence-corrected chi connectivity index (χ2v) is 16.6. The van der Waals surface area contributed by atoms with Crippen molar-refractivity contribution in [2.45, 2.75) is 24.3 Å². The largest absolute Gasteiger partial charge is 0.465 e. The average Bonchev–Trinajstić information content (AvgIpc) is 3.24. The fourth-order valence-corrected chi connectivity index (χ4v) is 8.37. The Morgan fingerprint density at radius 3 is 2.38 bits per heavy atom. The summed E-state index contributed by atoms with van der Waals surface area (Å²) in [6.07, 6.45) is 0.320. The summed E-state index contributed by atoms with van der Waals surface area (Å²) in [5.41, 5.74) is 3.89. The molecule has 312 valence electrons. The van der Waals surface area contributed by atoms with E-state index in [4.69, 9.17) is 21.1 Å². The van der Waals surface area contributed by atoms with Crippen molar-refractivity contribution in [1.29, 1.82) is 0 Å². The van der Waals surface area contributed by atoms with Crippen LogP contribution in [0.15, 0.2) is 114 Å². The first-order chi connectivity index (χ1) is 28.9. The number of ether oxygens (including phenoxy) is 2. The first kappa shape index (κ1) is 41.9. The van der Waals surface area contributed by atoms with Gasteiger partial charge < -0.3 is 24.8 Å². The van der Waals surface area contributed by atoms with Gasteiger partial charge in [-0.05, 0) is 84.0 Å². The molecule has 0 bridgehead atoms. The van der Waals surface area contributed by atoms with E-state index in [1.54, 1.807) is 24.3 Å². The topological polar surface area (TPSA) is 193 Å². The highest BCUT2D eigenvalue weighted by molar-refractivity contribution is 7.90. The van der Waals surface area contributed by atoms with E-state index in [1.807, 2.05) is 41.1 Å². The average molecular weight is 855 g/mol. The van der Waals surface area contributed by atoms with Gasteiger partial charge in [0.15, 0.2) is 0 Å². The second kappa shape index (κ2) is 18.8. The van der Waals surface area contributed by atoms with Crippen molar-refractivity contribution in [2.24, 2.45) is 5.92 Å². The van der Waals surface area contributed by atoms with Gasteiger partial charge in [-0.25, -0.2) is 17.9 Å². The highest BCUT2D eigenvalue weighted by Gasteiger charge is 2.27. The lowest BCUT2D eigenvalue weighted by atomic mass is 9.99. The van der Waals surface area contributed by atoms with E-state index in [2.05, 4.69) is 32.6 Å². The van der Waals surface area contributed by atoms with E-state index in [-0.39, 0.29) is 34.4 Å². The van der Waals surface area contributed by atoms with E-state index in [0.717, 1.165) is 49.7 Å². The number of nitrogens with zero attached hydrogens (tertiary/aromatic N) is 3. The second-order valence-electron chi connectivity index (χ2n) is 14.5. The number of nitrogens with one attached hydrogen (secondary N) is 3. The lowest BCUT2D eigenvalue weighted by Gasteiger charge is -2.36. The molecule has 4 N–H and O–H groups in total. The number of carboxylic acid groups (broad SMARTS) is 1. The minimum atomic E-state index is -4.61. The third-order valence-corrected chi connectivity index (χ3v) is 12.0.